The smallest absolute Gasteiger partial charge is 0.228 e. The maximum atomic E-state index is 12.2. The van der Waals surface area contributed by atoms with Crippen molar-refractivity contribution in [3.05, 3.63) is 61.0 Å². The second-order valence-corrected chi connectivity index (χ2v) is 5.40. The number of amides is 1. The summed E-state index contributed by atoms with van der Waals surface area (Å²) < 4.78 is 10.6. The average Bonchev–Trinajstić information content (AvgIpc) is 2.97. The number of anilines is 1. The molecule has 0 bridgehead atoms. The first-order chi connectivity index (χ1) is 10.8. The van der Waals surface area contributed by atoms with Gasteiger partial charge in [0.05, 0.1) is 12.5 Å². The van der Waals surface area contributed by atoms with Gasteiger partial charge in [0.2, 0.25) is 5.91 Å². The predicted molar refractivity (Wildman–Crippen MR) is 80.1 cm³/mol. The maximum Gasteiger partial charge on any atom is 0.228 e. The zero-order valence-electron chi connectivity index (χ0n) is 11.7. The van der Waals surface area contributed by atoms with E-state index in [9.17, 15) is 4.79 Å². The first-order valence-corrected chi connectivity index (χ1v) is 7.14. The molecule has 5 nitrogen and oxygen atoms in total. The molecule has 0 aliphatic heterocycles. The standard InChI is InChI=1S/C17H14N2O3/c20-17(14-8-13(14)15-2-1-7-21-15)19-12-5-3-11(4-6-12)16-9-18-10-22-16/h1-7,9-10,13-14H,8H2,(H,19,20). The van der Waals surface area contributed by atoms with E-state index >= 15 is 0 Å². The van der Waals surface area contributed by atoms with Crippen LogP contribution in [-0.2, 0) is 4.79 Å². The molecular weight excluding hydrogens is 280 g/mol. The van der Waals surface area contributed by atoms with Crippen LogP contribution >= 0.6 is 0 Å². The average molecular weight is 294 g/mol. The van der Waals surface area contributed by atoms with E-state index in [1.165, 1.54) is 6.39 Å². The zero-order chi connectivity index (χ0) is 14.9. The molecule has 0 spiro atoms. The van der Waals surface area contributed by atoms with Gasteiger partial charge in [-0.2, -0.15) is 0 Å². The SMILES string of the molecule is O=C(Nc1ccc(-c2cnco2)cc1)C1CC1c1ccco1. The molecule has 1 aliphatic carbocycles. The van der Waals surface area contributed by atoms with Crippen molar-refractivity contribution >= 4 is 11.6 Å². The van der Waals surface area contributed by atoms with E-state index in [0.717, 1.165) is 23.4 Å². The number of hydrogen-bond acceptors (Lipinski definition) is 4. The van der Waals surface area contributed by atoms with Crippen LogP contribution < -0.4 is 5.32 Å². The minimum atomic E-state index is 0.0000929. The van der Waals surface area contributed by atoms with E-state index in [1.54, 1.807) is 12.5 Å². The molecule has 2 atom stereocenters. The van der Waals surface area contributed by atoms with Gasteiger partial charge in [0.25, 0.3) is 0 Å². The third-order valence-electron chi connectivity index (χ3n) is 3.91. The van der Waals surface area contributed by atoms with Gasteiger partial charge in [0.15, 0.2) is 12.2 Å². The van der Waals surface area contributed by atoms with Crippen LogP contribution in [-0.4, -0.2) is 10.9 Å². The summed E-state index contributed by atoms with van der Waals surface area (Å²) in [6, 6.07) is 11.3. The summed E-state index contributed by atoms with van der Waals surface area (Å²) in [6.07, 6.45) is 5.54. The fraction of sp³-hybridized carbons (Fsp3) is 0.176. The van der Waals surface area contributed by atoms with Crippen molar-refractivity contribution in [2.75, 3.05) is 5.32 Å². The molecule has 5 heteroatoms. The Labute approximate surface area is 127 Å². The molecule has 2 unspecified atom stereocenters. The van der Waals surface area contributed by atoms with Crippen LogP contribution in [0.3, 0.4) is 0 Å². The van der Waals surface area contributed by atoms with Gasteiger partial charge in [0.1, 0.15) is 5.76 Å². The predicted octanol–water partition coefficient (Wildman–Crippen LogP) is 3.68. The maximum absolute atomic E-state index is 12.2. The molecular formula is C17H14N2O3. The van der Waals surface area contributed by atoms with E-state index in [1.807, 2.05) is 36.4 Å². The highest BCUT2D eigenvalue weighted by Crippen LogP contribution is 2.48. The van der Waals surface area contributed by atoms with Gasteiger partial charge in [-0.25, -0.2) is 4.98 Å². The number of hydrogen-bond donors (Lipinski definition) is 1. The Morgan fingerprint density at radius 2 is 2.05 bits per heavy atom. The van der Waals surface area contributed by atoms with E-state index in [0.29, 0.717) is 5.76 Å². The second kappa shape index (κ2) is 5.18. The molecule has 0 radical (unpaired) electrons. The monoisotopic (exact) mass is 294 g/mol. The summed E-state index contributed by atoms with van der Waals surface area (Å²) in [5.74, 6) is 1.84. The van der Waals surface area contributed by atoms with E-state index in [2.05, 4.69) is 10.3 Å². The van der Waals surface area contributed by atoms with Crippen molar-refractivity contribution < 1.29 is 13.6 Å². The highest BCUT2D eigenvalue weighted by molar-refractivity contribution is 5.95. The van der Waals surface area contributed by atoms with Crippen LogP contribution in [0, 0.1) is 5.92 Å². The molecule has 1 aromatic carbocycles. The van der Waals surface area contributed by atoms with Crippen LogP contribution in [0.15, 0.2) is 64.1 Å². The van der Waals surface area contributed by atoms with Gasteiger partial charge in [-0.3, -0.25) is 4.79 Å². The van der Waals surface area contributed by atoms with Crippen LogP contribution in [0.5, 0.6) is 0 Å². The first-order valence-electron chi connectivity index (χ1n) is 7.14. The highest BCUT2D eigenvalue weighted by atomic mass is 16.3. The number of aromatic nitrogens is 1. The number of nitrogens with one attached hydrogen (secondary N) is 1. The Kier molecular flexibility index (Phi) is 3.04. The summed E-state index contributed by atoms with van der Waals surface area (Å²) in [5.41, 5.74) is 1.70. The van der Waals surface area contributed by atoms with E-state index in [4.69, 9.17) is 8.83 Å². The van der Waals surface area contributed by atoms with Crippen LogP contribution in [0.4, 0.5) is 5.69 Å². The lowest BCUT2D eigenvalue weighted by Gasteiger charge is -2.05. The fourth-order valence-corrected chi connectivity index (χ4v) is 2.61. The fourth-order valence-electron chi connectivity index (χ4n) is 2.61. The lowest BCUT2D eigenvalue weighted by molar-refractivity contribution is -0.117. The Morgan fingerprint density at radius 3 is 2.73 bits per heavy atom. The van der Waals surface area contributed by atoms with Gasteiger partial charge < -0.3 is 14.2 Å². The molecule has 2 aromatic heterocycles. The topological polar surface area (TPSA) is 68.3 Å². The van der Waals surface area contributed by atoms with Crippen molar-refractivity contribution in [1.82, 2.24) is 4.98 Å². The minimum absolute atomic E-state index is 0.0000929. The summed E-state index contributed by atoms with van der Waals surface area (Å²) in [6.45, 7) is 0. The van der Waals surface area contributed by atoms with Gasteiger partial charge >= 0.3 is 0 Å². The van der Waals surface area contributed by atoms with E-state index < -0.39 is 0 Å². The van der Waals surface area contributed by atoms with E-state index in [-0.39, 0.29) is 17.7 Å². The van der Waals surface area contributed by atoms with Crippen molar-refractivity contribution in [3.63, 3.8) is 0 Å². The Bertz CT molecular complexity index is 761. The van der Waals surface area contributed by atoms with Gasteiger partial charge in [-0.05, 0) is 42.8 Å². The summed E-state index contributed by atoms with van der Waals surface area (Å²) >= 11 is 0. The molecule has 22 heavy (non-hydrogen) atoms. The summed E-state index contributed by atoms with van der Waals surface area (Å²) in [4.78, 5) is 16.1. The van der Waals surface area contributed by atoms with Gasteiger partial charge in [0, 0.05) is 23.1 Å². The van der Waals surface area contributed by atoms with Crippen LogP contribution in [0.2, 0.25) is 0 Å². The van der Waals surface area contributed by atoms with Crippen LogP contribution in [0.1, 0.15) is 18.1 Å². The molecule has 2 heterocycles. The molecule has 1 fully saturated rings. The number of benzene rings is 1. The lowest BCUT2D eigenvalue weighted by Crippen LogP contribution is -2.14. The molecule has 1 N–H and O–H groups in total. The minimum Gasteiger partial charge on any atom is -0.469 e. The summed E-state index contributed by atoms with van der Waals surface area (Å²) in [7, 11) is 0. The van der Waals surface area contributed by atoms with Crippen molar-refractivity contribution in [2.45, 2.75) is 12.3 Å². The Morgan fingerprint density at radius 1 is 1.18 bits per heavy atom. The number of oxazole rings is 1. The van der Waals surface area contributed by atoms with Gasteiger partial charge in [-0.15, -0.1) is 0 Å². The second-order valence-electron chi connectivity index (χ2n) is 5.40. The van der Waals surface area contributed by atoms with Crippen molar-refractivity contribution in [2.24, 2.45) is 5.92 Å². The summed E-state index contributed by atoms with van der Waals surface area (Å²) in [5, 5.41) is 2.94. The number of rotatable bonds is 4. The molecule has 4 rings (SSSR count). The Hall–Kier alpha value is -2.82. The number of carbonyl (C=O) groups is 1. The number of carbonyl (C=O) groups excluding carboxylic acids is 1. The first kappa shape index (κ1) is 12.9. The van der Waals surface area contributed by atoms with Crippen molar-refractivity contribution in [3.8, 4) is 11.3 Å². The molecule has 3 aromatic rings. The highest BCUT2D eigenvalue weighted by Gasteiger charge is 2.45. The number of nitrogens with zero attached hydrogens (tertiary/aromatic N) is 1. The lowest BCUT2D eigenvalue weighted by atomic mass is 10.1. The number of furan rings is 1. The molecule has 0 saturated heterocycles. The third-order valence-corrected chi connectivity index (χ3v) is 3.91. The molecule has 1 aliphatic rings. The molecule has 1 saturated carbocycles. The molecule has 110 valence electrons. The Balaban J connectivity index is 1.40. The zero-order valence-corrected chi connectivity index (χ0v) is 11.7. The van der Waals surface area contributed by atoms with Crippen LogP contribution in [0.25, 0.3) is 11.3 Å². The largest absolute Gasteiger partial charge is 0.469 e. The van der Waals surface area contributed by atoms with Crippen molar-refractivity contribution in [1.29, 1.82) is 0 Å². The molecule has 1 amide bonds. The normalized spacial score (nSPS) is 19.8. The third kappa shape index (κ3) is 2.41. The van der Waals surface area contributed by atoms with Gasteiger partial charge in [-0.1, -0.05) is 0 Å². The quantitative estimate of drug-likeness (QED) is 0.797.